The number of rotatable bonds is 6. The van der Waals surface area contributed by atoms with E-state index < -0.39 is 34.8 Å². The third kappa shape index (κ3) is 4.53. The molecule has 2 heterocycles. The minimum atomic E-state index is -0.988. The van der Waals surface area contributed by atoms with E-state index in [2.05, 4.69) is 15.3 Å². The zero-order valence-electron chi connectivity index (χ0n) is 17.7. The topological polar surface area (TPSA) is 121 Å². The van der Waals surface area contributed by atoms with Crippen molar-refractivity contribution in [2.45, 2.75) is 0 Å². The fourth-order valence-electron chi connectivity index (χ4n) is 3.01. The van der Waals surface area contributed by atoms with Crippen molar-refractivity contribution in [2.24, 2.45) is 0 Å². The van der Waals surface area contributed by atoms with Crippen LogP contribution in [0.1, 0.15) is 10.4 Å². The molecule has 0 fully saturated rings. The lowest BCUT2D eigenvalue weighted by molar-refractivity contribution is 0.102. The van der Waals surface area contributed by atoms with Gasteiger partial charge in [-0.1, -0.05) is 0 Å². The Morgan fingerprint density at radius 2 is 1.79 bits per heavy atom. The lowest BCUT2D eigenvalue weighted by Gasteiger charge is -2.11. The average molecular weight is 465 g/mol. The predicted octanol–water partition coefficient (Wildman–Crippen LogP) is 3.54. The minimum Gasteiger partial charge on any atom is -0.497 e. The number of amides is 1. The number of pyridine rings is 1. The van der Waals surface area contributed by atoms with Gasteiger partial charge in [0.2, 0.25) is 5.82 Å². The Morgan fingerprint density at radius 1 is 1.06 bits per heavy atom. The number of nitrogens with zero attached hydrogens (tertiary/aromatic N) is 3. The van der Waals surface area contributed by atoms with Crippen LogP contribution in [0.5, 0.6) is 17.4 Å². The van der Waals surface area contributed by atoms with Crippen molar-refractivity contribution in [1.82, 2.24) is 14.5 Å². The highest BCUT2D eigenvalue weighted by Gasteiger charge is 2.17. The minimum absolute atomic E-state index is 0.0888. The van der Waals surface area contributed by atoms with Crippen molar-refractivity contribution in [3.8, 4) is 23.1 Å². The number of ether oxygens (including phenoxy) is 2. The lowest BCUT2D eigenvalue weighted by atomic mass is 10.2. The van der Waals surface area contributed by atoms with Gasteiger partial charge in [-0.25, -0.2) is 9.37 Å². The third-order valence-electron chi connectivity index (χ3n) is 4.73. The van der Waals surface area contributed by atoms with Crippen LogP contribution in [0.2, 0.25) is 0 Å². The second-order valence-corrected chi connectivity index (χ2v) is 6.87. The number of nitrogen functional groups attached to an aromatic ring is 1. The molecule has 0 aliphatic heterocycles. The number of benzene rings is 2. The lowest BCUT2D eigenvalue weighted by Crippen LogP contribution is -2.28. The number of aromatic nitrogens is 3. The Morgan fingerprint density at radius 3 is 2.50 bits per heavy atom. The molecule has 34 heavy (non-hydrogen) atoms. The van der Waals surface area contributed by atoms with Crippen molar-refractivity contribution in [2.75, 3.05) is 18.2 Å². The summed E-state index contributed by atoms with van der Waals surface area (Å²) in [5.41, 5.74) is 4.87. The molecule has 1 amide bonds. The maximum absolute atomic E-state index is 14.6. The quantitative estimate of drug-likeness (QED) is 0.447. The van der Waals surface area contributed by atoms with Crippen molar-refractivity contribution in [3.63, 3.8) is 0 Å². The molecular formula is C23H17F2N5O4. The summed E-state index contributed by atoms with van der Waals surface area (Å²) in [6.45, 7) is 0. The molecule has 4 rings (SSSR count). The largest absolute Gasteiger partial charge is 0.497 e. The number of nitrogens with one attached hydrogen (secondary N) is 1. The van der Waals surface area contributed by atoms with E-state index >= 15 is 0 Å². The molecule has 0 aliphatic carbocycles. The van der Waals surface area contributed by atoms with Crippen LogP contribution in [0.3, 0.4) is 0 Å². The Labute approximate surface area is 191 Å². The van der Waals surface area contributed by atoms with Crippen molar-refractivity contribution in [3.05, 3.63) is 94.7 Å². The summed E-state index contributed by atoms with van der Waals surface area (Å²) in [7, 11) is 1.52. The highest BCUT2D eigenvalue weighted by atomic mass is 19.1. The number of halogens is 2. The third-order valence-corrected chi connectivity index (χ3v) is 4.73. The Hall–Kier alpha value is -4.80. The Balaban J connectivity index is 1.55. The fraction of sp³-hybridized carbons (Fsp3) is 0.0435. The van der Waals surface area contributed by atoms with Gasteiger partial charge >= 0.3 is 0 Å². The van der Waals surface area contributed by atoms with Gasteiger partial charge in [-0.3, -0.25) is 14.2 Å². The van der Waals surface area contributed by atoms with Gasteiger partial charge < -0.3 is 20.5 Å². The predicted molar refractivity (Wildman–Crippen MR) is 119 cm³/mol. The van der Waals surface area contributed by atoms with Crippen LogP contribution < -0.4 is 26.1 Å². The molecule has 0 bridgehead atoms. The summed E-state index contributed by atoms with van der Waals surface area (Å²) in [6, 6.07) is 12.9. The molecule has 0 atom stereocenters. The Kier molecular flexibility index (Phi) is 6.17. The molecular weight excluding hydrogens is 448 g/mol. The second-order valence-electron chi connectivity index (χ2n) is 6.87. The molecule has 11 heteroatoms. The first-order valence-corrected chi connectivity index (χ1v) is 9.78. The van der Waals surface area contributed by atoms with Gasteiger partial charge in [0, 0.05) is 18.0 Å². The smallest absolute Gasteiger partial charge is 0.267 e. The highest BCUT2D eigenvalue weighted by molar-refractivity contribution is 6.04. The van der Waals surface area contributed by atoms with Gasteiger partial charge in [0.05, 0.1) is 12.8 Å². The molecule has 4 aromatic rings. The molecule has 0 aliphatic rings. The monoisotopic (exact) mass is 465 g/mol. The van der Waals surface area contributed by atoms with E-state index in [1.807, 2.05) is 0 Å². The van der Waals surface area contributed by atoms with Gasteiger partial charge in [0.1, 0.15) is 29.2 Å². The summed E-state index contributed by atoms with van der Waals surface area (Å²) in [4.78, 5) is 32.6. The summed E-state index contributed by atoms with van der Waals surface area (Å²) in [6.07, 6.45) is 2.50. The molecule has 0 saturated carbocycles. The van der Waals surface area contributed by atoms with Gasteiger partial charge in [-0.15, -0.1) is 0 Å². The van der Waals surface area contributed by atoms with E-state index in [0.29, 0.717) is 11.4 Å². The summed E-state index contributed by atoms with van der Waals surface area (Å²) < 4.78 is 40.1. The number of hydrogen-bond donors (Lipinski definition) is 2. The summed E-state index contributed by atoms with van der Waals surface area (Å²) in [5.74, 6) is -3.05. The van der Waals surface area contributed by atoms with Crippen molar-refractivity contribution < 1.29 is 23.0 Å². The van der Waals surface area contributed by atoms with Crippen LogP contribution in [0.25, 0.3) is 5.69 Å². The van der Waals surface area contributed by atoms with Gasteiger partial charge in [-0.2, -0.15) is 9.37 Å². The first kappa shape index (κ1) is 22.4. The molecule has 2 aromatic heterocycles. The molecule has 0 saturated heterocycles. The zero-order valence-corrected chi connectivity index (χ0v) is 17.7. The summed E-state index contributed by atoms with van der Waals surface area (Å²) >= 11 is 0. The first-order valence-electron chi connectivity index (χ1n) is 9.78. The highest BCUT2D eigenvalue weighted by Crippen LogP contribution is 2.27. The van der Waals surface area contributed by atoms with E-state index in [-0.39, 0.29) is 17.0 Å². The van der Waals surface area contributed by atoms with E-state index in [1.165, 1.54) is 42.1 Å². The van der Waals surface area contributed by atoms with Crippen LogP contribution in [-0.2, 0) is 0 Å². The SMILES string of the molecule is COc1ccc(-n2cccc(C(=O)Nc3ccc(Oc4ncnc(N)c4F)cc3F)c2=O)cc1. The summed E-state index contributed by atoms with van der Waals surface area (Å²) in [5, 5.41) is 2.35. The molecule has 2 aromatic carbocycles. The van der Waals surface area contributed by atoms with Crippen LogP contribution in [0.4, 0.5) is 20.3 Å². The maximum Gasteiger partial charge on any atom is 0.267 e. The number of nitrogens with two attached hydrogens (primary N) is 1. The standard InChI is InChI=1S/C23H17F2N5O4/c1-33-14-6-4-13(5-7-14)30-10-2-3-16(23(30)32)21(31)29-18-9-8-15(11-17(18)24)34-22-19(25)20(26)27-12-28-22/h2-12H,1H3,(H,29,31)(H2,26,27,28). The first-order chi connectivity index (χ1) is 16.4. The number of anilines is 2. The molecule has 9 nitrogen and oxygen atoms in total. The second kappa shape index (κ2) is 9.36. The van der Waals surface area contributed by atoms with E-state index in [9.17, 15) is 18.4 Å². The number of carbonyl (C=O) groups is 1. The molecule has 3 N–H and O–H groups in total. The normalized spacial score (nSPS) is 10.6. The van der Waals surface area contributed by atoms with E-state index in [4.69, 9.17) is 15.2 Å². The van der Waals surface area contributed by atoms with Crippen LogP contribution >= 0.6 is 0 Å². The Bertz CT molecular complexity index is 1420. The fourth-order valence-corrected chi connectivity index (χ4v) is 3.01. The van der Waals surface area contributed by atoms with Crippen LogP contribution in [-0.4, -0.2) is 27.6 Å². The van der Waals surface area contributed by atoms with E-state index in [0.717, 1.165) is 12.4 Å². The average Bonchev–Trinajstić information content (AvgIpc) is 2.84. The van der Waals surface area contributed by atoms with Gasteiger partial charge in [-0.05, 0) is 48.5 Å². The molecule has 0 unspecified atom stereocenters. The number of methoxy groups -OCH3 is 1. The molecule has 0 spiro atoms. The van der Waals surface area contributed by atoms with Gasteiger partial charge in [0.15, 0.2) is 5.82 Å². The van der Waals surface area contributed by atoms with Crippen molar-refractivity contribution >= 4 is 17.4 Å². The van der Waals surface area contributed by atoms with Crippen LogP contribution in [0, 0.1) is 11.6 Å². The maximum atomic E-state index is 14.6. The van der Waals surface area contributed by atoms with Crippen molar-refractivity contribution in [1.29, 1.82) is 0 Å². The van der Waals surface area contributed by atoms with E-state index in [1.54, 1.807) is 24.3 Å². The zero-order chi connectivity index (χ0) is 24.2. The number of carbonyl (C=O) groups excluding carboxylic acids is 1. The van der Waals surface area contributed by atoms with Crippen LogP contribution in [0.15, 0.2) is 71.9 Å². The van der Waals surface area contributed by atoms with Gasteiger partial charge in [0.25, 0.3) is 17.3 Å². The molecule has 172 valence electrons. The number of hydrogen-bond acceptors (Lipinski definition) is 7. The molecule has 0 radical (unpaired) electrons.